The van der Waals surface area contributed by atoms with Gasteiger partial charge in [0, 0.05) is 0 Å². The van der Waals surface area contributed by atoms with Crippen LogP contribution < -0.4 is 5.32 Å². The molecule has 7 nitrogen and oxygen atoms in total. The molecule has 23 heavy (non-hydrogen) atoms. The number of benzene rings is 1. The average molecular weight is 323 g/mol. The molecule has 3 N–H and O–H groups in total. The normalized spacial score (nSPS) is 13.7. The van der Waals surface area contributed by atoms with E-state index in [1.807, 2.05) is 6.07 Å². The fourth-order valence-corrected chi connectivity index (χ4v) is 2.19. The first-order valence-corrected chi connectivity index (χ1v) is 7.05. The monoisotopic (exact) mass is 323 g/mol. The van der Waals surface area contributed by atoms with E-state index in [4.69, 9.17) is 4.74 Å². The molecule has 0 bridgehead atoms. The quantitative estimate of drug-likeness (QED) is 0.739. The molecule has 0 radical (unpaired) electrons. The zero-order valence-electron chi connectivity index (χ0n) is 13.3. The van der Waals surface area contributed by atoms with Gasteiger partial charge in [0.2, 0.25) is 0 Å². The summed E-state index contributed by atoms with van der Waals surface area (Å²) in [7, 11) is 0. The van der Waals surface area contributed by atoms with E-state index in [1.54, 1.807) is 45.0 Å². The zero-order chi connectivity index (χ0) is 17.6. The average Bonchev–Trinajstić information content (AvgIpc) is 2.43. The highest BCUT2D eigenvalue weighted by molar-refractivity contribution is 5.86. The molecule has 0 aliphatic heterocycles. The second kappa shape index (κ2) is 7.62. The van der Waals surface area contributed by atoms with Crippen molar-refractivity contribution in [3.8, 4) is 0 Å². The van der Waals surface area contributed by atoms with E-state index in [0.717, 1.165) is 5.56 Å². The number of aliphatic carboxylic acids is 2. The summed E-state index contributed by atoms with van der Waals surface area (Å²) < 4.78 is 4.94. The number of carboxylic acids is 2. The lowest BCUT2D eigenvalue weighted by molar-refractivity contribution is -0.155. The lowest BCUT2D eigenvalue weighted by atomic mass is 9.76. The SMILES string of the molecule is CC(C)(C)C(C(=O)O)[C@H](NC(=O)OCc1ccccc1)C(=O)O. The minimum absolute atomic E-state index is 0.0354. The zero-order valence-corrected chi connectivity index (χ0v) is 13.3. The van der Waals surface area contributed by atoms with E-state index < -0.39 is 35.4 Å². The maximum absolute atomic E-state index is 11.8. The number of nitrogens with one attached hydrogen (secondary N) is 1. The van der Waals surface area contributed by atoms with E-state index in [1.165, 1.54) is 0 Å². The van der Waals surface area contributed by atoms with Crippen molar-refractivity contribution in [3.63, 3.8) is 0 Å². The molecule has 7 heteroatoms. The largest absolute Gasteiger partial charge is 0.481 e. The lowest BCUT2D eigenvalue weighted by Gasteiger charge is -2.31. The van der Waals surface area contributed by atoms with E-state index in [-0.39, 0.29) is 6.61 Å². The Hall–Kier alpha value is -2.57. The summed E-state index contributed by atoms with van der Waals surface area (Å²) in [4.78, 5) is 34.6. The Bertz CT molecular complexity index is 564. The van der Waals surface area contributed by atoms with Crippen LogP contribution in [0.15, 0.2) is 30.3 Å². The molecule has 1 unspecified atom stereocenters. The van der Waals surface area contributed by atoms with Crippen molar-refractivity contribution in [1.82, 2.24) is 5.32 Å². The molecule has 1 aromatic rings. The molecule has 1 rings (SSSR count). The summed E-state index contributed by atoms with van der Waals surface area (Å²) in [6.45, 7) is 4.75. The maximum Gasteiger partial charge on any atom is 0.408 e. The topological polar surface area (TPSA) is 113 Å². The highest BCUT2D eigenvalue weighted by Gasteiger charge is 2.43. The summed E-state index contributed by atoms with van der Waals surface area (Å²) >= 11 is 0. The van der Waals surface area contributed by atoms with Crippen LogP contribution >= 0.6 is 0 Å². The Morgan fingerprint density at radius 1 is 1.09 bits per heavy atom. The van der Waals surface area contributed by atoms with Crippen molar-refractivity contribution >= 4 is 18.0 Å². The van der Waals surface area contributed by atoms with Gasteiger partial charge in [-0.3, -0.25) is 4.79 Å². The van der Waals surface area contributed by atoms with Gasteiger partial charge in [-0.15, -0.1) is 0 Å². The van der Waals surface area contributed by atoms with Crippen LogP contribution in [0.5, 0.6) is 0 Å². The molecule has 0 spiro atoms. The van der Waals surface area contributed by atoms with E-state index in [2.05, 4.69) is 5.32 Å². The number of alkyl carbamates (subject to hydrolysis) is 1. The second-order valence-electron chi connectivity index (χ2n) is 6.20. The molecule has 0 fully saturated rings. The molecule has 1 amide bonds. The minimum Gasteiger partial charge on any atom is -0.481 e. The maximum atomic E-state index is 11.8. The molecule has 0 heterocycles. The van der Waals surface area contributed by atoms with E-state index >= 15 is 0 Å². The van der Waals surface area contributed by atoms with Crippen molar-refractivity contribution in [2.24, 2.45) is 11.3 Å². The molecule has 0 aliphatic rings. The molecule has 0 aromatic heterocycles. The number of hydrogen-bond donors (Lipinski definition) is 3. The Morgan fingerprint density at radius 3 is 2.09 bits per heavy atom. The van der Waals surface area contributed by atoms with E-state index in [9.17, 15) is 24.6 Å². The molecule has 0 saturated heterocycles. The Morgan fingerprint density at radius 2 is 1.65 bits per heavy atom. The highest BCUT2D eigenvalue weighted by Crippen LogP contribution is 2.29. The van der Waals surface area contributed by atoms with Gasteiger partial charge in [0.05, 0.1) is 5.92 Å². The predicted octanol–water partition coefficient (Wildman–Crippen LogP) is 2.11. The van der Waals surface area contributed by atoms with Gasteiger partial charge in [0.25, 0.3) is 0 Å². The summed E-state index contributed by atoms with van der Waals surface area (Å²) in [5, 5.41) is 20.7. The number of rotatable bonds is 6. The molecule has 0 saturated carbocycles. The van der Waals surface area contributed by atoms with Gasteiger partial charge < -0.3 is 20.3 Å². The van der Waals surface area contributed by atoms with Crippen LogP contribution in [0.1, 0.15) is 26.3 Å². The number of hydrogen-bond acceptors (Lipinski definition) is 4. The van der Waals surface area contributed by atoms with Crippen LogP contribution in [0.25, 0.3) is 0 Å². The van der Waals surface area contributed by atoms with Gasteiger partial charge in [-0.05, 0) is 11.0 Å². The van der Waals surface area contributed by atoms with Gasteiger partial charge in [-0.25, -0.2) is 9.59 Å². The first-order valence-electron chi connectivity index (χ1n) is 7.05. The molecule has 2 atom stereocenters. The number of carboxylic acid groups (broad SMARTS) is 2. The van der Waals surface area contributed by atoms with Crippen LogP contribution in [0.2, 0.25) is 0 Å². The minimum atomic E-state index is -1.59. The number of carbonyl (C=O) groups excluding carboxylic acids is 1. The number of ether oxygens (including phenoxy) is 1. The lowest BCUT2D eigenvalue weighted by Crippen LogP contribution is -2.52. The van der Waals surface area contributed by atoms with Crippen molar-refractivity contribution < 1.29 is 29.3 Å². The molecule has 1 aromatic carbocycles. The molecule has 0 aliphatic carbocycles. The summed E-state index contributed by atoms with van der Waals surface area (Å²) in [6.07, 6.45) is -0.975. The highest BCUT2D eigenvalue weighted by atomic mass is 16.5. The van der Waals surface area contributed by atoms with Gasteiger partial charge >= 0.3 is 18.0 Å². The molecular formula is C16H21NO6. The van der Waals surface area contributed by atoms with Gasteiger partial charge in [0.15, 0.2) is 0 Å². The number of amides is 1. The third-order valence-electron chi connectivity index (χ3n) is 3.28. The van der Waals surface area contributed by atoms with Crippen LogP contribution in [0, 0.1) is 11.3 Å². The Labute approximate surface area is 134 Å². The van der Waals surface area contributed by atoms with Gasteiger partial charge in [0.1, 0.15) is 12.6 Å². The molecular weight excluding hydrogens is 302 g/mol. The van der Waals surface area contributed by atoms with Crippen LogP contribution in [-0.2, 0) is 20.9 Å². The Kier molecular flexibility index (Phi) is 6.12. The van der Waals surface area contributed by atoms with Crippen molar-refractivity contribution in [2.45, 2.75) is 33.4 Å². The fraction of sp³-hybridized carbons (Fsp3) is 0.438. The molecule has 126 valence electrons. The Balaban J connectivity index is 2.77. The van der Waals surface area contributed by atoms with Crippen molar-refractivity contribution in [3.05, 3.63) is 35.9 Å². The number of carbonyl (C=O) groups is 3. The third-order valence-corrected chi connectivity index (χ3v) is 3.28. The van der Waals surface area contributed by atoms with Crippen LogP contribution in [0.4, 0.5) is 4.79 Å². The smallest absolute Gasteiger partial charge is 0.408 e. The van der Waals surface area contributed by atoms with Gasteiger partial charge in [-0.2, -0.15) is 0 Å². The van der Waals surface area contributed by atoms with Crippen LogP contribution in [0.3, 0.4) is 0 Å². The third kappa shape index (κ3) is 5.61. The summed E-state index contributed by atoms with van der Waals surface area (Å²) in [5.74, 6) is -4.03. The van der Waals surface area contributed by atoms with Crippen molar-refractivity contribution in [2.75, 3.05) is 0 Å². The first-order chi connectivity index (χ1) is 10.6. The van der Waals surface area contributed by atoms with E-state index in [0.29, 0.717) is 0 Å². The first kappa shape index (κ1) is 18.5. The van der Waals surface area contributed by atoms with Crippen LogP contribution in [-0.4, -0.2) is 34.3 Å². The summed E-state index contributed by atoms with van der Waals surface area (Å²) in [6, 6.07) is 7.27. The standard InChI is InChI=1S/C16H21NO6/c1-16(2,3)11(13(18)19)12(14(20)21)17-15(22)23-9-10-7-5-4-6-8-10/h4-8,11-12H,9H2,1-3H3,(H,17,22)(H,18,19)(H,20,21)/t11?,12-/m0/s1. The van der Waals surface area contributed by atoms with Crippen molar-refractivity contribution in [1.29, 1.82) is 0 Å². The second-order valence-corrected chi connectivity index (χ2v) is 6.20. The predicted molar refractivity (Wildman–Crippen MR) is 81.8 cm³/mol. The van der Waals surface area contributed by atoms with Gasteiger partial charge in [-0.1, -0.05) is 51.1 Å². The summed E-state index contributed by atoms with van der Waals surface area (Å²) in [5.41, 5.74) is -0.123. The fourth-order valence-electron chi connectivity index (χ4n) is 2.19.